The molecule has 1 aliphatic carbocycles. The van der Waals surface area contributed by atoms with E-state index >= 15 is 0 Å². The Labute approximate surface area is 214 Å². The van der Waals surface area contributed by atoms with Crippen LogP contribution < -0.4 is 14.8 Å². The fourth-order valence-electron chi connectivity index (χ4n) is 5.11. The van der Waals surface area contributed by atoms with Gasteiger partial charge in [0.2, 0.25) is 0 Å². The SMILES string of the molecule is Cc1ccc2c3c(ccc2n1)OC[C@H](CNC[C@@H]1CCc2[nH]c4c(F)cc(F)cc4c2C1)O3.Cl.Cl. The quantitative estimate of drug-likeness (QED) is 0.362. The number of hydrogen-bond donors (Lipinski definition) is 2. The van der Waals surface area contributed by atoms with Crippen LogP contribution in [0.5, 0.6) is 11.5 Å². The molecule has 2 atom stereocenters. The highest BCUT2D eigenvalue weighted by Gasteiger charge is 2.26. The summed E-state index contributed by atoms with van der Waals surface area (Å²) in [6.45, 7) is 3.93. The van der Waals surface area contributed by atoms with Crippen molar-refractivity contribution in [3.05, 3.63) is 65.0 Å². The number of ether oxygens (including phenoxy) is 2. The van der Waals surface area contributed by atoms with E-state index in [1.165, 1.54) is 6.07 Å². The van der Waals surface area contributed by atoms with Gasteiger partial charge in [-0.1, -0.05) is 0 Å². The van der Waals surface area contributed by atoms with Crippen molar-refractivity contribution in [3.8, 4) is 11.5 Å². The normalized spacial score (nSPS) is 18.6. The van der Waals surface area contributed by atoms with Crippen LogP contribution in [0.15, 0.2) is 36.4 Å². The number of aromatic nitrogens is 2. The molecular weight excluding hydrogens is 495 g/mol. The summed E-state index contributed by atoms with van der Waals surface area (Å²) in [5.74, 6) is 0.843. The number of halogens is 4. The molecule has 186 valence electrons. The number of aromatic amines is 1. The van der Waals surface area contributed by atoms with Crippen molar-refractivity contribution in [1.29, 1.82) is 0 Å². The van der Waals surface area contributed by atoms with Gasteiger partial charge in [0.05, 0.1) is 11.0 Å². The van der Waals surface area contributed by atoms with Gasteiger partial charge in [-0.3, -0.25) is 4.98 Å². The second-order valence-corrected chi connectivity index (χ2v) is 9.12. The molecular formula is C26H27Cl2F2N3O2. The topological polar surface area (TPSA) is 59.2 Å². The van der Waals surface area contributed by atoms with Gasteiger partial charge in [0.1, 0.15) is 24.3 Å². The van der Waals surface area contributed by atoms with E-state index in [0.29, 0.717) is 30.0 Å². The molecule has 1 aliphatic heterocycles. The first kappa shape index (κ1) is 25.5. The smallest absolute Gasteiger partial charge is 0.171 e. The molecule has 2 aliphatic rings. The lowest BCUT2D eigenvalue weighted by atomic mass is 9.86. The number of nitrogens with one attached hydrogen (secondary N) is 2. The maximum absolute atomic E-state index is 14.1. The lowest BCUT2D eigenvalue weighted by molar-refractivity contribution is 0.0915. The molecule has 0 spiro atoms. The average Bonchev–Trinajstić information content (AvgIpc) is 3.17. The first-order chi connectivity index (χ1) is 16.0. The first-order valence-electron chi connectivity index (χ1n) is 11.4. The van der Waals surface area contributed by atoms with Gasteiger partial charge in [0.15, 0.2) is 11.5 Å². The molecule has 35 heavy (non-hydrogen) atoms. The molecule has 3 heterocycles. The standard InChI is InChI=1S/C26H25F2N3O2.2ClH/c1-14-2-4-18-22(30-14)6-7-24-26(18)33-17(13-32-24)12-29-11-15-3-5-23-19(8-15)20-9-16(27)10-21(28)25(20)31-23;;/h2,4,6-7,9-10,15,17,29,31H,3,5,8,11-13H2,1H3;2*1H/t15-,17+;;/m1../s1. The third kappa shape index (κ3) is 4.77. The van der Waals surface area contributed by atoms with Crippen LogP contribution in [0.25, 0.3) is 21.8 Å². The van der Waals surface area contributed by atoms with Crippen molar-refractivity contribution in [2.45, 2.75) is 32.3 Å². The lowest BCUT2D eigenvalue weighted by Crippen LogP contribution is -2.40. The maximum atomic E-state index is 14.1. The number of aryl methyl sites for hydroxylation is 2. The van der Waals surface area contributed by atoms with Crippen LogP contribution in [0.2, 0.25) is 0 Å². The molecule has 0 bridgehead atoms. The summed E-state index contributed by atoms with van der Waals surface area (Å²) in [4.78, 5) is 7.74. The third-order valence-corrected chi connectivity index (χ3v) is 6.75. The van der Waals surface area contributed by atoms with Gasteiger partial charge >= 0.3 is 0 Å². The van der Waals surface area contributed by atoms with Gasteiger partial charge < -0.3 is 19.8 Å². The number of fused-ring (bicyclic) bond motifs is 6. The summed E-state index contributed by atoms with van der Waals surface area (Å²) in [5.41, 5.74) is 4.35. The fraction of sp³-hybridized carbons (Fsp3) is 0.346. The molecule has 6 rings (SSSR count). The predicted octanol–water partition coefficient (Wildman–Crippen LogP) is 5.68. The van der Waals surface area contributed by atoms with Gasteiger partial charge in [0, 0.05) is 34.8 Å². The third-order valence-electron chi connectivity index (χ3n) is 6.75. The Bertz CT molecular complexity index is 1380. The minimum atomic E-state index is -0.533. The molecule has 2 N–H and O–H groups in total. The Morgan fingerprint density at radius 3 is 2.80 bits per heavy atom. The predicted molar refractivity (Wildman–Crippen MR) is 137 cm³/mol. The molecule has 0 fully saturated rings. The van der Waals surface area contributed by atoms with Crippen LogP contribution >= 0.6 is 24.8 Å². The van der Waals surface area contributed by atoms with E-state index in [1.807, 2.05) is 31.2 Å². The Morgan fingerprint density at radius 1 is 1.09 bits per heavy atom. The van der Waals surface area contributed by atoms with Crippen LogP contribution in [0.4, 0.5) is 8.78 Å². The minimum absolute atomic E-state index is 0. The monoisotopic (exact) mass is 521 g/mol. The van der Waals surface area contributed by atoms with Crippen molar-refractivity contribution < 1.29 is 18.3 Å². The van der Waals surface area contributed by atoms with Crippen molar-refractivity contribution in [1.82, 2.24) is 15.3 Å². The molecule has 2 aromatic heterocycles. The second kappa shape index (κ2) is 10.2. The van der Waals surface area contributed by atoms with E-state index in [0.717, 1.165) is 71.2 Å². The van der Waals surface area contributed by atoms with Gasteiger partial charge in [-0.2, -0.15) is 0 Å². The van der Waals surface area contributed by atoms with E-state index in [1.54, 1.807) is 0 Å². The Hall–Kier alpha value is -2.61. The van der Waals surface area contributed by atoms with E-state index in [4.69, 9.17) is 9.47 Å². The summed E-state index contributed by atoms with van der Waals surface area (Å²) in [6.07, 6.45) is 2.54. The molecule has 0 radical (unpaired) electrons. The summed E-state index contributed by atoms with van der Waals surface area (Å²) in [7, 11) is 0. The van der Waals surface area contributed by atoms with Crippen LogP contribution in [0, 0.1) is 24.5 Å². The Balaban J connectivity index is 0.00000144. The van der Waals surface area contributed by atoms with Crippen LogP contribution in [0.3, 0.4) is 0 Å². The van der Waals surface area contributed by atoms with Crippen LogP contribution in [0.1, 0.15) is 23.4 Å². The van der Waals surface area contributed by atoms with Gasteiger partial charge in [0.25, 0.3) is 0 Å². The summed E-state index contributed by atoms with van der Waals surface area (Å²) in [5, 5.41) is 5.16. The largest absolute Gasteiger partial charge is 0.486 e. The summed E-state index contributed by atoms with van der Waals surface area (Å²) >= 11 is 0. The molecule has 5 nitrogen and oxygen atoms in total. The Kier molecular flexibility index (Phi) is 7.40. The number of hydrogen-bond acceptors (Lipinski definition) is 4. The zero-order valence-electron chi connectivity index (χ0n) is 19.2. The van der Waals surface area contributed by atoms with Crippen molar-refractivity contribution in [2.24, 2.45) is 5.92 Å². The summed E-state index contributed by atoms with van der Waals surface area (Å²) in [6, 6.07) is 10.3. The average molecular weight is 522 g/mol. The van der Waals surface area contributed by atoms with Crippen molar-refractivity contribution >= 4 is 46.6 Å². The van der Waals surface area contributed by atoms with Gasteiger partial charge in [-0.15, -0.1) is 24.8 Å². The van der Waals surface area contributed by atoms with E-state index in [-0.39, 0.29) is 30.9 Å². The van der Waals surface area contributed by atoms with E-state index in [2.05, 4.69) is 15.3 Å². The zero-order chi connectivity index (χ0) is 22.5. The second-order valence-electron chi connectivity index (χ2n) is 9.12. The Morgan fingerprint density at radius 2 is 1.94 bits per heavy atom. The molecule has 0 saturated heterocycles. The molecule has 0 unspecified atom stereocenters. The van der Waals surface area contributed by atoms with Crippen LogP contribution in [-0.2, 0) is 12.8 Å². The van der Waals surface area contributed by atoms with Crippen molar-refractivity contribution in [3.63, 3.8) is 0 Å². The van der Waals surface area contributed by atoms with Gasteiger partial charge in [-0.25, -0.2) is 8.78 Å². The number of pyridine rings is 1. The first-order valence-corrected chi connectivity index (χ1v) is 11.4. The zero-order valence-corrected chi connectivity index (χ0v) is 20.8. The van der Waals surface area contributed by atoms with Crippen LogP contribution in [-0.4, -0.2) is 35.8 Å². The van der Waals surface area contributed by atoms with E-state index < -0.39 is 11.6 Å². The molecule has 0 amide bonds. The molecule has 9 heteroatoms. The highest BCUT2D eigenvalue weighted by molar-refractivity contribution is 5.88. The summed E-state index contributed by atoms with van der Waals surface area (Å²) < 4.78 is 40.2. The van der Waals surface area contributed by atoms with Gasteiger partial charge in [-0.05, 0) is 74.5 Å². The fourth-order valence-corrected chi connectivity index (χ4v) is 5.11. The lowest BCUT2D eigenvalue weighted by Gasteiger charge is -2.29. The maximum Gasteiger partial charge on any atom is 0.171 e. The van der Waals surface area contributed by atoms with E-state index in [9.17, 15) is 8.78 Å². The molecule has 0 saturated carbocycles. The number of benzene rings is 2. The minimum Gasteiger partial charge on any atom is -0.486 e. The number of nitrogens with zero attached hydrogens (tertiary/aromatic N) is 1. The number of rotatable bonds is 4. The highest BCUT2D eigenvalue weighted by atomic mass is 35.5. The van der Waals surface area contributed by atoms with Crippen molar-refractivity contribution in [2.75, 3.05) is 19.7 Å². The molecule has 2 aromatic carbocycles. The number of H-pyrrole nitrogens is 1. The highest BCUT2D eigenvalue weighted by Crippen LogP contribution is 2.38. The molecule has 4 aromatic rings.